The topological polar surface area (TPSA) is 85.9 Å². The van der Waals surface area contributed by atoms with Crippen LogP contribution in [0.15, 0.2) is 42.5 Å². The molecule has 2 amide bonds. The molecular formula is C16H14N2O5. The van der Waals surface area contributed by atoms with Crippen molar-refractivity contribution in [2.45, 2.75) is 0 Å². The van der Waals surface area contributed by atoms with Gasteiger partial charge in [0.1, 0.15) is 5.75 Å². The van der Waals surface area contributed by atoms with Crippen molar-refractivity contribution >= 4 is 11.8 Å². The zero-order valence-corrected chi connectivity index (χ0v) is 12.3. The predicted molar refractivity (Wildman–Crippen MR) is 80.5 cm³/mol. The summed E-state index contributed by atoms with van der Waals surface area (Å²) < 4.78 is 15.4. The normalized spacial score (nSPS) is 11.7. The van der Waals surface area contributed by atoms with E-state index in [1.54, 1.807) is 42.5 Å². The van der Waals surface area contributed by atoms with Crippen molar-refractivity contribution in [3.8, 4) is 17.2 Å². The fourth-order valence-corrected chi connectivity index (χ4v) is 2.06. The number of benzene rings is 2. The van der Waals surface area contributed by atoms with Gasteiger partial charge in [-0.25, -0.2) is 0 Å². The molecule has 0 saturated carbocycles. The van der Waals surface area contributed by atoms with Crippen LogP contribution in [0.25, 0.3) is 0 Å². The van der Waals surface area contributed by atoms with Crippen LogP contribution >= 0.6 is 0 Å². The monoisotopic (exact) mass is 314 g/mol. The van der Waals surface area contributed by atoms with Crippen LogP contribution in [-0.2, 0) is 0 Å². The van der Waals surface area contributed by atoms with Gasteiger partial charge in [0.25, 0.3) is 11.8 Å². The number of nitrogens with one attached hydrogen (secondary N) is 2. The molecule has 0 radical (unpaired) electrons. The number of hydrogen-bond donors (Lipinski definition) is 2. The maximum Gasteiger partial charge on any atom is 0.269 e. The largest absolute Gasteiger partial charge is 0.497 e. The Hall–Kier alpha value is -3.22. The second-order valence-corrected chi connectivity index (χ2v) is 4.71. The van der Waals surface area contributed by atoms with Gasteiger partial charge in [0, 0.05) is 11.1 Å². The molecule has 0 fully saturated rings. The van der Waals surface area contributed by atoms with Gasteiger partial charge in [0.05, 0.1) is 7.11 Å². The van der Waals surface area contributed by atoms with Crippen molar-refractivity contribution in [2.75, 3.05) is 13.9 Å². The third kappa shape index (κ3) is 3.18. The summed E-state index contributed by atoms with van der Waals surface area (Å²) in [7, 11) is 1.51. The van der Waals surface area contributed by atoms with Crippen molar-refractivity contribution in [2.24, 2.45) is 0 Å². The number of fused-ring (bicyclic) bond motifs is 1. The Morgan fingerprint density at radius 3 is 2.39 bits per heavy atom. The predicted octanol–water partition coefficient (Wildman–Crippen LogP) is 1.50. The zero-order chi connectivity index (χ0) is 16.2. The fourth-order valence-electron chi connectivity index (χ4n) is 2.06. The Kier molecular flexibility index (Phi) is 4.01. The summed E-state index contributed by atoms with van der Waals surface area (Å²) in [6, 6.07) is 11.4. The van der Waals surface area contributed by atoms with Crippen molar-refractivity contribution in [1.29, 1.82) is 0 Å². The average molecular weight is 314 g/mol. The summed E-state index contributed by atoms with van der Waals surface area (Å²) in [5, 5.41) is 0. The summed E-state index contributed by atoms with van der Waals surface area (Å²) in [6.45, 7) is 0.132. The van der Waals surface area contributed by atoms with Crippen LogP contribution in [0.3, 0.4) is 0 Å². The summed E-state index contributed by atoms with van der Waals surface area (Å²) in [5.74, 6) is 0.732. The van der Waals surface area contributed by atoms with E-state index in [1.807, 2.05) is 0 Å². The van der Waals surface area contributed by atoms with Crippen LogP contribution in [0.5, 0.6) is 17.2 Å². The van der Waals surface area contributed by atoms with Crippen LogP contribution < -0.4 is 25.1 Å². The molecular weight excluding hydrogens is 300 g/mol. The third-order valence-electron chi connectivity index (χ3n) is 3.26. The van der Waals surface area contributed by atoms with Crippen molar-refractivity contribution in [3.05, 3.63) is 53.6 Å². The molecule has 3 rings (SSSR count). The molecule has 2 aromatic rings. The molecule has 0 unspecified atom stereocenters. The van der Waals surface area contributed by atoms with E-state index in [4.69, 9.17) is 14.2 Å². The molecule has 118 valence electrons. The van der Waals surface area contributed by atoms with Crippen LogP contribution in [0.4, 0.5) is 0 Å². The summed E-state index contributed by atoms with van der Waals surface area (Å²) in [5.41, 5.74) is 5.42. The Balaban J connectivity index is 1.63. The van der Waals surface area contributed by atoms with Crippen LogP contribution in [0.1, 0.15) is 20.7 Å². The van der Waals surface area contributed by atoms with E-state index >= 15 is 0 Å². The van der Waals surface area contributed by atoms with E-state index in [-0.39, 0.29) is 6.79 Å². The molecule has 7 nitrogen and oxygen atoms in total. The van der Waals surface area contributed by atoms with Crippen LogP contribution in [0.2, 0.25) is 0 Å². The van der Waals surface area contributed by atoms with Gasteiger partial charge >= 0.3 is 0 Å². The minimum Gasteiger partial charge on any atom is -0.497 e. The second-order valence-electron chi connectivity index (χ2n) is 4.71. The van der Waals surface area contributed by atoms with E-state index in [9.17, 15) is 9.59 Å². The smallest absolute Gasteiger partial charge is 0.269 e. The number of ether oxygens (including phenoxy) is 3. The number of hydrogen-bond acceptors (Lipinski definition) is 5. The van der Waals surface area contributed by atoms with Gasteiger partial charge in [-0.05, 0) is 36.4 Å². The molecule has 23 heavy (non-hydrogen) atoms. The lowest BCUT2D eigenvalue weighted by atomic mass is 10.2. The first kappa shape index (κ1) is 14.7. The third-order valence-corrected chi connectivity index (χ3v) is 3.26. The molecule has 0 aromatic heterocycles. The molecule has 0 bridgehead atoms. The molecule has 0 saturated heterocycles. The first-order valence-corrected chi connectivity index (χ1v) is 6.82. The summed E-state index contributed by atoms with van der Waals surface area (Å²) >= 11 is 0. The maximum atomic E-state index is 12.1. The Bertz CT molecular complexity index is 760. The van der Waals surface area contributed by atoms with Gasteiger partial charge in [-0.3, -0.25) is 20.4 Å². The number of carbonyl (C=O) groups excluding carboxylic acids is 2. The maximum absolute atomic E-state index is 12.1. The molecule has 2 aromatic carbocycles. The molecule has 0 aliphatic carbocycles. The standard InChI is InChI=1S/C16H14N2O5/c1-21-12-4-2-3-10(7-12)15(19)17-18-16(20)11-5-6-13-14(8-11)23-9-22-13/h2-8H,9H2,1H3,(H,17,19)(H,18,20). The van der Waals surface area contributed by atoms with E-state index in [0.717, 1.165) is 0 Å². The lowest BCUT2D eigenvalue weighted by Crippen LogP contribution is -2.41. The number of carbonyl (C=O) groups is 2. The summed E-state index contributed by atoms with van der Waals surface area (Å²) in [4.78, 5) is 24.1. The minimum atomic E-state index is -0.459. The number of amides is 2. The molecule has 0 atom stereocenters. The highest BCUT2D eigenvalue weighted by Gasteiger charge is 2.16. The Morgan fingerprint density at radius 2 is 1.65 bits per heavy atom. The van der Waals surface area contributed by atoms with Crippen LogP contribution in [-0.4, -0.2) is 25.7 Å². The van der Waals surface area contributed by atoms with Gasteiger partial charge in [-0.15, -0.1) is 0 Å². The SMILES string of the molecule is COc1cccc(C(=O)NNC(=O)c2ccc3c(c2)OCO3)c1. The highest BCUT2D eigenvalue weighted by molar-refractivity contribution is 5.99. The highest BCUT2D eigenvalue weighted by Crippen LogP contribution is 2.32. The number of rotatable bonds is 3. The first-order valence-electron chi connectivity index (χ1n) is 6.82. The van der Waals surface area contributed by atoms with Gasteiger partial charge < -0.3 is 14.2 Å². The number of hydrazine groups is 1. The molecule has 0 spiro atoms. The fraction of sp³-hybridized carbons (Fsp3) is 0.125. The minimum absolute atomic E-state index is 0.132. The zero-order valence-electron chi connectivity index (χ0n) is 12.3. The number of methoxy groups -OCH3 is 1. The van der Waals surface area contributed by atoms with Crippen LogP contribution in [0, 0.1) is 0 Å². The molecule has 2 N–H and O–H groups in total. The van der Waals surface area contributed by atoms with E-state index in [1.165, 1.54) is 7.11 Å². The Labute approximate surface area is 132 Å². The molecule has 7 heteroatoms. The molecule has 1 aliphatic heterocycles. The van der Waals surface area contributed by atoms with E-state index in [0.29, 0.717) is 28.4 Å². The van der Waals surface area contributed by atoms with Gasteiger partial charge in [0.2, 0.25) is 6.79 Å². The van der Waals surface area contributed by atoms with Crippen molar-refractivity contribution in [1.82, 2.24) is 10.9 Å². The highest BCUT2D eigenvalue weighted by atomic mass is 16.7. The molecule has 1 aliphatic rings. The van der Waals surface area contributed by atoms with E-state index in [2.05, 4.69) is 10.9 Å². The van der Waals surface area contributed by atoms with Gasteiger partial charge in [0.15, 0.2) is 11.5 Å². The lowest BCUT2D eigenvalue weighted by molar-refractivity contribution is 0.0846. The quantitative estimate of drug-likeness (QED) is 0.839. The lowest BCUT2D eigenvalue weighted by Gasteiger charge is -2.08. The van der Waals surface area contributed by atoms with Gasteiger partial charge in [-0.1, -0.05) is 6.07 Å². The van der Waals surface area contributed by atoms with E-state index < -0.39 is 11.8 Å². The average Bonchev–Trinajstić information content (AvgIpc) is 3.07. The second kappa shape index (κ2) is 6.27. The van der Waals surface area contributed by atoms with Crippen molar-refractivity contribution in [3.63, 3.8) is 0 Å². The molecule has 1 heterocycles. The summed E-state index contributed by atoms with van der Waals surface area (Å²) in [6.07, 6.45) is 0. The van der Waals surface area contributed by atoms with Crippen molar-refractivity contribution < 1.29 is 23.8 Å². The first-order chi connectivity index (χ1) is 11.2. The van der Waals surface area contributed by atoms with Gasteiger partial charge in [-0.2, -0.15) is 0 Å². The Morgan fingerprint density at radius 1 is 0.957 bits per heavy atom.